The molecule has 2 nitrogen and oxygen atoms in total. The fourth-order valence-electron chi connectivity index (χ4n) is 0.939. The smallest absolute Gasteiger partial charge is 0.111 e. The summed E-state index contributed by atoms with van der Waals surface area (Å²) < 4.78 is 10.6. The molecule has 1 fully saturated rings. The van der Waals surface area contributed by atoms with E-state index in [-0.39, 0.29) is 12.2 Å². The molecule has 64 valence electrons. The summed E-state index contributed by atoms with van der Waals surface area (Å²) in [5, 5.41) is 0. The minimum absolute atomic E-state index is 0.113. The van der Waals surface area contributed by atoms with Crippen molar-refractivity contribution in [2.45, 2.75) is 19.1 Å². The predicted octanol–water partition coefficient (Wildman–Crippen LogP) is 1.67. The Labute approximate surface area is 71.9 Å². The quantitative estimate of drug-likeness (QED) is 0.359. The number of thioether (sulfide) groups is 1. The maximum Gasteiger partial charge on any atom is 0.111 e. The van der Waals surface area contributed by atoms with E-state index in [4.69, 9.17) is 9.47 Å². The SMILES string of the molecule is C=C(C)[C@@H](OCSC)[C@H]1CO1. The van der Waals surface area contributed by atoms with Gasteiger partial charge in [0.2, 0.25) is 0 Å². The van der Waals surface area contributed by atoms with E-state index in [9.17, 15) is 0 Å². The third kappa shape index (κ3) is 2.85. The molecule has 1 rings (SSSR count). The van der Waals surface area contributed by atoms with Gasteiger partial charge in [-0.05, 0) is 18.8 Å². The number of epoxide rings is 1. The van der Waals surface area contributed by atoms with Crippen LogP contribution in [-0.2, 0) is 9.47 Å². The van der Waals surface area contributed by atoms with Gasteiger partial charge in [0.25, 0.3) is 0 Å². The Morgan fingerprint density at radius 2 is 2.55 bits per heavy atom. The van der Waals surface area contributed by atoms with Gasteiger partial charge in [0.15, 0.2) is 0 Å². The molecule has 0 aromatic rings. The Kier molecular flexibility index (Phi) is 3.43. The first kappa shape index (κ1) is 9.10. The summed E-state index contributed by atoms with van der Waals surface area (Å²) in [4.78, 5) is 0. The summed E-state index contributed by atoms with van der Waals surface area (Å²) in [5.74, 6) is 0.720. The molecular formula is C8H14O2S. The van der Waals surface area contributed by atoms with Crippen LogP contribution >= 0.6 is 11.8 Å². The van der Waals surface area contributed by atoms with Crippen LogP contribution < -0.4 is 0 Å². The summed E-state index contributed by atoms with van der Waals surface area (Å²) in [5.41, 5.74) is 1.06. The predicted molar refractivity (Wildman–Crippen MR) is 47.8 cm³/mol. The highest BCUT2D eigenvalue weighted by atomic mass is 32.2. The zero-order chi connectivity index (χ0) is 8.27. The van der Waals surface area contributed by atoms with Crippen molar-refractivity contribution in [3.8, 4) is 0 Å². The van der Waals surface area contributed by atoms with Gasteiger partial charge in [-0.15, -0.1) is 11.8 Å². The normalized spacial score (nSPS) is 24.7. The van der Waals surface area contributed by atoms with Crippen molar-refractivity contribution in [2.24, 2.45) is 0 Å². The largest absolute Gasteiger partial charge is 0.370 e. The second-order valence-electron chi connectivity index (χ2n) is 2.71. The topological polar surface area (TPSA) is 21.8 Å². The summed E-state index contributed by atoms with van der Waals surface area (Å²) in [6.45, 7) is 6.66. The molecule has 1 aliphatic heterocycles. The fourth-order valence-corrected chi connectivity index (χ4v) is 1.22. The summed E-state index contributed by atoms with van der Waals surface area (Å²) >= 11 is 1.67. The molecule has 1 aliphatic rings. The molecule has 0 amide bonds. The molecule has 0 spiro atoms. The average molecular weight is 174 g/mol. The summed E-state index contributed by atoms with van der Waals surface area (Å²) in [6, 6.07) is 0. The number of hydrogen-bond donors (Lipinski definition) is 0. The van der Waals surface area contributed by atoms with Crippen molar-refractivity contribution in [3.63, 3.8) is 0 Å². The van der Waals surface area contributed by atoms with Gasteiger partial charge < -0.3 is 9.47 Å². The van der Waals surface area contributed by atoms with Crippen molar-refractivity contribution in [2.75, 3.05) is 18.8 Å². The monoisotopic (exact) mass is 174 g/mol. The van der Waals surface area contributed by atoms with Crippen LogP contribution in [0.5, 0.6) is 0 Å². The van der Waals surface area contributed by atoms with Crippen LogP contribution in [0.4, 0.5) is 0 Å². The van der Waals surface area contributed by atoms with Gasteiger partial charge in [-0.25, -0.2) is 0 Å². The number of ether oxygens (including phenoxy) is 2. The Bertz CT molecular complexity index is 143. The molecule has 1 saturated heterocycles. The molecule has 0 aliphatic carbocycles. The highest BCUT2D eigenvalue weighted by molar-refractivity contribution is 7.98. The van der Waals surface area contributed by atoms with Crippen LogP contribution in [0.3, 0.4) is 0 Å². The maximum absolute atomic E-state index is 5.52. The van der Waals surface area contributed by atoms with Gasteiger partial charge in [0, 0.05) is 0 Å². The van der Waals surface area contributed by atoms with Crippen LogP contribution in [0.1, 0.15) is 6.92 Å². The number of rotatable bonds is 5. The first-order valence-corrected chi connectivity index (χ1v) is 5.02. The summed E-state index contributed by atoms with van der Waals surface area (Å²) in [6.07, 6.45) is 2.41. The molecule has 0 aromatic carbocycles. The van der Waals surface area contributed by atoms with E-state index < -0.39 is 0 Å². The highest BCUT2D eigenvalue weighted by Gasteiger charge is 2.33. The van der Waals surface area contributed by atoms with Crippen LogP contribution in [0.2, 0.25) is 0 Å². The Hall–Kier alpha value is 0.01000. The molecular weight excluding hydrogens is 160 g/mol. The molecule has 1 heterocycles. The highest BCUT2D eigenvalue weighted by Crippen LogP contribution is 2.22. The molecule has 0 aromatic heterocycles. The van der Waals surface area contributed by atoms with E-state index in [0.29, 0.717) is 0 Å². The zero-order valence-electron chi connectivity index (χ0n) is 7.00. The zero-order valence-corrected chi connectivity index (χ0v) is 7.82. The third-order valence-electron chi connectivity index (χ3n) is 1.55. The van der Waals surface area contributed by atoms with Crippen molar-refractivity contribution in [1.82, 2.24) is 0 Å². The van der Waals surface area contributed by atoms with Crippen molar-refractivity contribution in [3.05, 3.63) is 12.2 Å². The first-order chi connectivity index (χ1) is 5.25. The number of hydrogen-bond acceptors (Lipinski definition) is 3. The van der Waals surface area contributed by atoms with E-state index in [1.165, 1.54) is 0 Å². The van der Waals surface area contributed by atoms with Gasteiger partial charge in [0.05, 0.1) is 12.5 Å². The Morgan fingerprint density at radius 3 is 2.91 bits per heavy atom. The van der Waals surface area contributed by atoms with Gasteiger partial charge in [0.1, 0.15) is 12.2 Å². The minimum atomic E-state index is 0.113. The lowest BCUT2D eigenvalue weighted by Crippen LogP contribution is -2.20. The molecule has 0 bridgehead atoms. The lowest BCUT2D eigenvalue weighted by Gasteiger charge is -2.14. The van der Waals surface area contributed by atoms with E-state index in [2.05, 4.69) is 6.58 Å². The van der Waals surface area contributed by atoms with Gasteiger partial charge >= 0.3 is 0 Å². The van der Waals surface area contributed by atoms with Crippen LogP contribution in [-0.4, -0.2) is 31.0 Å². The third-order valence-corrected chi connectivity index (χ3v) is 1.92. The summed E-state index contributed by atoms with van der Waals surface area (Å²) in [7, 11) is 0. The Morgan fingerprint density at radius 1 is 1.91 bits per heavy atom. The van der Waals surface area contributed by atoms with E-state index in [1.54, 1.807) is 11.8 Å². The first-order valence-electron chi connectivity index (χ1n) is 3.63. The van der Waals surface area contributed by atoms with Crippen molar-refractivity contribution < 1.29 is 9.47 Å². The van der Waals surface area contributed by atoms with Crippen molar-refractivity contribution in [1.29, 1.82) is 0 Å². The molecule has 11 heavy (non-hydrogen) atoms. The molecule has 0 N–H and O–H groups in total. The van der Waals surface area contributed by atoms with Gasteiger partial charge in [-0.1, -0.05) is 6.58 Å². The lowest BCUT2D eigenvalue weighted by atomic mass is 10.1. The van der Waals surface area contributed by atoms with E-state index in [0.717, 1.165) is 18.1 Å². The van der Waals surface area contributed by atoms with Crippen LogP contribution in [0.25, 0.3) is 0 Å². The van der Waals surface area contributed by atoms with Crippen molar-refractivity contribution >= 4 is 11.8 Å². The molecule has 0 unspecified atom stereocenters. The van der Waals surface area contributed by atoms with Crippen LogP contribution in [0.15, 0.2) is 12.2 Å². The Balaban J connectivity index is 2.26. The molecule has 0 saturated carbocycles. The van der Waals surface area contributed by atoms with Gasteiger partial charge in [-0.2, -0.15) is 0 Å². The fraction of sp³-hybridized carbons (Fsp3) is 0.750. The maximum atomic E-state index is 5.52. The van der Waals surface area contributed by atoms with E-state index >= 15 is 0 Å². The van der Waals surface area contributed by atoms with E-state index in [1.807, 2.05) is 13.2 Å². The molecule has 2 atom stereocenters. The van der Waals surface area contributed by atoms with Crippen LogP contribution in [0, 0.1) is 0 Å². The standard InChI is InChI=1S/C8H14O2S/c1-6(2)8(7-4-9-7)10-5-11-3/h7-8H,1,4-5H2,2-3H3/t7-,8-/m1/s1. The second kappa shape index (κ2) is 4.14. The average Bonchev–Trinajstić information content (AvgIpc) is 2.71. The van der Waals surface area contributed by atoms with Gasteiger partial charge in [-0.3, -0.25) is 0 Å². The molecule has 3 heteroatoms. The molecule has 0 radical (unpaired) electrons. The minimum Gasteiger partial charge on any atom is -0.370 e. The second-order valence-corrected chi connectivity index (χ2v) is 3.52. The lowest BCUT2D eigenvalue weighted by molar-refractivity contribution is 0.0926.